The zero-order valence-corrected chi connectivity index (χ0v) is 20.5. The van der Waals surface area contributed by atoms with Gasteiger partial charge in [-0.2, -0.15) is 0 Å². The third kappa shape index (κ3) is 10.5. The molecule has 0 aliphatic rings. The smallest absolute Gasteiger partial charge is 0.142 e. The predicted molar refractivity (Wildman–Crippen MR) is 132 cm³/mol. The normalized spacial score (nSPS) is 11.0. The van der Waals surface area contributed by atoms with Gasteiger partial charge < -0.3 is 33.7 Å². The van der Waals surface area contributed by atoms with E-state index in [0.29, 0.717) is 66.1 Å². The number of benzene rings is 2. The average molecular weight is 462 g/mol. The maximum absolute atomic E-state index is 5.91. The molecule has 0 bridgehead atoms. The van der Waals surface area contributed by atoms with Crippen LogP contribution in [0.3, 0.4) is 0 Å². The number of hydrogen-bond donors (Lipinski definition) is 1. The zero-order chi connectivity index (χ0) is 23.7. The molecule has 0 fully saturated rings. The van der Waals surface area contributed by atoms with E-state index in [9.17, 15) is 0 Å². The standard InChI is InChI=1S/C26H39NO6/c1-21-5-6-22(2)24(19-21)23-7-8-26(25(20-23)27-3)33-18-17-32-16-15-31-14-13-30-12-11-29-10-9-28-4/h5-8,19-20,27H,9-18H2,1-4H3. The summed E-state index contributed by atoms with van der Waals surface area (Å²) in [6, 6.07) is 12.7. The van der Waals surface area contributed by atoms with E-state index in [4.69, 9.17) is 28.4 Å². The lowest BCUT2D eigenvalue weighted by Gasteiger charge is -2.14. The first kappa shape index (κ1) is 27.1. The van der Waals surface area contributed by atoms with E-state index in [1.807, 2.05) is 13.1 Å². The van der Waals surface area contributed by atoms with Crippen molar-refractivity contribution in [2.45, 2.75) is 13.8 Å². The van der Waals surface area contributed by atoms with E-state index in [-0.39, 0.29) is 0 Å². The second-order valence-corrected chi connectivity index (χ2v) is 7.57. The van der Waals surface area contributed by atoms with Crippen LogP contribution in [0.25, 0.3) is 11.1 Å². The molecule has 7 heteroatoms. The van der Waals surface area contributed by atoms with Crippen molar-refractivity contribution in [3.63, 3.8) is 0 Å². The van der Waals surface area contributed by atoms with Gasteiger partial charge in [-0.05, 0) is 42.7 Å². The van der Waals surface area contributed by atoms with Gasteiger partial charge in [0.15, 0.2) is 0 Å². The van der Waals surface area contributed by atoms with Crippen LogP contribution in [0.2, 0.25) is 0 Å². The molecule has 2 aromatic rings. The van der Waals surface area contributed by atoms with Crippen LogP contribution >= 0.6 is 0 Å². The Hall–Kier alpha value is -2.16. The highest BCUT2D eigenvalue weighted by Crippen LogP contribution is 2.32. The molecule has 7 nitrogen and oxygen atoms in total. The van der Waals surface area contributed by atoms with Crippen LogP contribution in [0.4, 0.5) is 5.69 Å². The van der Waals surface area contributed by atoms with Crippen LogP contribution in [0, 0.1) is 13.8 Å². The minimum absolute atomic E-state index is 0.476. The molecule has 184 valence electrons. The summed E-state index contributed by atoms with van der Waals surface area (Å²) in [5.74, 6) is 0.815. The summed E-state index contributed by atoms with van der Waals surface area (Å²) in [6.45, 7) is 9.66. The van der Waals surface area contributed by atoms with Crippen LogP contribution < -0.4 is 10.1 Å². The predicted octanol–water partition coefficient (Wildman–Crippen LogP) is 4.10. The van der Waals surface area contributed by atoms with Crippen LogP contribution in [-0.2, 0) is 23.7 Å². The van der Waals surface area contributed by atoms with Gasteiger partial charge in [0.25, 0.3) is 0 Å². The summed E-state index contributed by atoms with van der Waals surface area (Å²) in [5.41, 5.74) is 5.87. The highest BCUT2D eigenvalue weighted by molar-refractivity contribution is 5.74. The molecule has 0 atom stereocenters. The van der Waals surface area contributed by atoms with Gasteiger partial charge in [0.05, 0.1) is 65.1 Å². The maximum Gasteiger partial charge on any atom is 0.142 e. The van der Waals surface area contributed by atoms with Gasteiger partial charge in [0.2, 0.25) is 0 Å². The van der Waals surface area contributed by atoms with Gasteiger partial charge >= 0.3 is 0 Å². The molecule has 0 radical (unpaired) electrons. The first-order valence-electron chi connectivity index (χ1n) is 11.5. The molecule has 2 rings (SSSR count). The van der Waals surface area contributed by atoms with E-state index in [1.165, 1.54) is 22.3 Å². The molecule has 0 spiro atoms. The lowest BCUT2D eigenvalue weighted by Crippen LogP contribution is -2.14. The fourth-order valence-electron chi connectivity index (χ4n) is 3.18. The first-order valence-corrected chi connectivity index (χ1v) is 11.5. The Balaban J connectivity index is 1.57. The second kappa shape index (κ2) is 16.5. The Morgan fingerprint density at radius 3 is 1.82 bits per heavy atom. The number of aryl methyl sites for hydroxylation is 2. The summed E-state index contributed by atoms with van der Waals surface area (Å²) in [6.07, 6.45) is 0. The Morgan fingerprint density at radius 2 is 1.24 bits per heavy atom. The summed E-state index contributed by atoms with van der Waals surface area (Å²) < 4.78 is 32.6. The van der Waals surface area contributed by atoms with E-state index in [1.54, 1.807) is 7.11 Å². The molecule has 0 aliphatic carbocycles. The minimum Gasteiger partial charge on any atom is -0.489 e. The Bertz CT molecular complexity index is 798. The average Bonchev–Trinajstić information content (AvgIpc) is 2.83. The molecule has 33 heavy (non-hydrogen) atoms. The molecule has 0 amide bonds. The highest BCUT2D eigenvalue weighted by Gasteiger charge is 2.08. The fraction of sp³-hybridized carbons (Fsp3) is 0.538. The van der Waals surface area contributed by atoms with Crippen molar-refractivity contribution in [3.8, 4) is 16.9 Å². The molecule has 0 saturated heterocycles. The van der Waals surface area contributed by atoms with Crippen molar-refractivity contribution < 1.29 is 28.4 Å². The van der Waals surface area contributed by atoms with E-state index in [2.05, 4.69) is 49.5 Å². The Morgan fingerprint density at radius 1 is 0.667 bits per heavy atom. The van der Waals surface area contributed by atoms with Crippen molar-refractivity contribution in [2.24, 2.45) is 0 Å². The lowest BCUT2D eigenvalue weighted by molar-refractivity contribution is -0.00977. The Labute approximate surface area is 198 Å². The molecule has 2 aromatic carbocycles. The minimum atomic E-state index is 0.476. The third-order valence-electron chi connectivity index (χ3n) is 4.99. The van der Waals surface area contributed by atoms with Crippen LogP contribution in [0.15, 0.2) is 36.4 Å². The molecule has 1 N–H and O–H groups in total. The molecule has 0 heterocycles. The van der Waals surface area contributed by atoms with Crippen molar-refractivity contribution in [1.82, 2.24) is 0 Å². The lowest BCUT2D eigenvalue weighted by atomic mass is 9.98. The van der Waals surface area contributed by atoms with Crippen LogP contribution in [0.1, 0.15) is 11.1 Å². The third-order valence-corrected chi connectivity index (χ3v) is 4.99. The van der Waals surface area contributed by atoms with E-state index in [0.717, 1.165) is 11.4 Å². The zero-order valence-electron chi connectivity index (χ0n) is 20.5. The number of hydrogen-bond acceptors (Lipinski definition) is 7. The summed E-state index contributed by atoms with van der Waals surface area (Å²) in [4.78, 5) is 0. The van der Waals surface area contributed by atoms with Crippen molar-refractivity contribution >= 4 is 5.69 Å². The number of rotatable bonds is 18. The number of nitrogens with one attached hydrogen (secondary N) is 1. The van der Waals surface area contributed by atoms with Crippen molar-refractivity contribution in [1.29, 1.82) is 0 Å². The molecule has 0 aliphatic heterocycles. The van der Waals surface area contributed by atoms with Gasteiger partial charge in [0.1, 0.15) is 12.4 Å². The van der Waals surface area contributed by atoms with E-state index >= 15 is 0 Å². The van der Waals surface area contributed by atoms with Crippen LogP contribution in [-0.4, -0.2) is 80.2 Å². The fourth-order valence-corrected chi connectivity index (χ4v) is 3.18. The molecule has 0 aromatic heterocycles. The highest BCUT2D eigenvalue weighted by atomic mass is 16.6. The molecular formula is C26H39NO6. The molecule has 0 unspecified atom stereocenters. The molecule has 0 saturated carbocycles. The quantitative estimate of drug-likeness (QED) is 0.335. The molecular weight excluding hydrogens is 422 g/mol. The van der Waals surface area contributed by atoms with Gasteiger partial charge in [-0.3, -0.25) is 0 Å². The Kier molecular flexibility index (Phi) is 13.5. The second-order valence-electron chi connectivity index (χ2n) is 7.57. The van der Waals surface area contributed by atoms with Gasteiger partial charge in [-0.25, -0.2) is 0 Å². The summed E-state index contributed by atoms with van der Waals surface area (Å²) in [7, 11) is 3.56. The largest absolute Gasteiger partial charge is 0.489 e. The summed E-state index contributed by atoms with van der Waals surface area (Å²) in [5, 5.41) is 3.23. The summed E-state index contributed by atoms with van der Waals surface area (Å²) >= 11 is 0. The van der Waals surface area contributed by atoms with Crippen molar-refractivity contribution in [2.75, 3.05) is 85.5 Å². The van der Waals surface area contributed by atoms with Crippen molar-refractivity contribution in [3.05, 3.63) is 47.5 Å². The monoisotopic (exact) mass is 461 g/mol. The topological polar surface area (TPSA) is 67.4 Å². The van der Waals surface area contributed by atoms with Gasteiger partial charge in [-0.15, -0.1) is 0 Å². The number of methoxy groups -OCH3 is 1. The van der Waals surface area contributed by atoms with E-state index < -0.39 is 0 Å². The van der Waals surface area contributed by atoms with Gasteiger partial charge in [-0.1, -0.05) is 29.8 Å². The number of ether oxygens (including phenoxy) is 6. The maximum atomic E-state index is 5.91. The van der Waals surface area contributed by atoms with Crippen LogP contribution in [0.5, 0.6) is 5.75 Å². The van der Waals surface area contributed by atoms with Gasteiger partial charge in [0, 0.05) is 14.2 Å². The first-order chi connectivity index (χ1) is 16.2. The SMILES string of the molecule is CNc1cc(-c2cc(C)ccc2C)ccc1OCCOCCOCCOCCOCCOC. The number of anilines is 1.